The first kappa shape index (κ1) is 8.34. The number of ketones is 1. The monoisotopic (exact) mass is 130 g/mol. The van der Waals surface area contributed by atoms with Crippen LogP contribution in [0.25, 0.3) is 0 Å². The minimum Gasteiger partial charge on any atom is -0.292 e. The fourth-order valence-electron chi connectivity index (χ4n) is 0.344. The first-order chi connectivity index (χ1) is 4.16. The van der Waals surface area contributed by atoms with Crippen LogP contribution in [0.3, 0.4) is 0 Å². The van der Waals surface area contributed by atoms with Gasteiger partial charge in [0.25, 0.3) is 0 Å². The fraction of sp³-hybridized carbons (Fsp3) is 0.571. The van der Waals surface area contributed by atoms with Gasteiger partial charge < -0.3 is 0 Å². The van der Waals surface area contributed by atoms with Crippen molar-refractivity contribution in [2.45, 2.75) is 13.8 Å². The first-order valence-corrected chi connectivity index (χ1v) is 2.93. The number of alkyl halides is 1. The van der Waals surface area contributed by atoms with Crippen LogP contribution in [0.15, 0.2) is 12.2 Å². The predicted molar refractivity (Wildman–Crippen MR) is 35.0 cm³/mol. The van der Waals surface area contributed by atoms with E-state index in [1.54, 1.807) is 6.08 Å². The Hall–Kier alpha value is -0.660. The lowest BCUT2D eigenvalue weighted by molar-refractivity contribution is -0.115. The van der Waals surface area contributed by atoms with Gasteiger partial charge in [-0.25, -0.2) is 4.39 Å². The third kappa shape index (κ3) is 5.21. The molecule has 0 radical (unpaired) electrons. The highest BCUT2D eigenvalue weighted by Gasteiger charge is 1.92. The Morgan fingerprint density at radius 2 is 2.22 bits per heavy atom. The van der Waals surface area contributed by atoms with E-state index in [0.29, 0.717) is 5.92 Å². The summed E-state index contributed by atoms with van der Waals surface area (Å²) in [5.74, 6) is -0.135. The number of hydrogen-bond donors (Lipinski definition) is 0. The van der Waals surface area contributed by atoms with E-state index >= 15 is 0 Å². The van der Waals surface area contributed by atoms with Gasteiger partial charge in [-0.3, -0.25) is 4.79 Å². The molecule has 0 fully saturated rings. The van der Waals surface area contributed by atoms with Gasteiger partial charge in [-0.15, -0.1) is 0 Å². The van der Waals surface area contributed by atoms with Crippen molar-refractivity contribution in [1.29, 1.82) is 0 Å². The molecule has 0 unspecified atom stereocenters. The molecule has 0 N–H and O–H groups in total. The normalized spacial score (nSPS) is 11.1. The van der Waals surface area contributed by atoms with E-state index in [4.69, 9.17) is 0 Å². The van der Waals surface area contributed by atoms with Gasteiger partial charge in [-0.1, -0.05) is 19.9 Å². The SMILES string of the molecule is CC(C)/C=C/C(=O)CF. The largest absolute Gasteiger partial charge is 0.292 e. The fourth-order valence-corrected chi connectivity index (χ4v) is 0.344. The number of rotatable bonds is 3. The lowest BCUT2D eigenvalue weighted by atomic mass is 10.2. The van der Waals surface area contributed by atoms with Crippen molar-refractivity contribution in [2.24, 2.45) is 5.92 Å². The van der Waals surface area contributed by atoms with Gasteiger partial charge in [-0.05, 0) is 12.0 Å². The highest BCUT2D eigenvalue weighted by atomic mass is 19.1. The maximum atomic E-state index is 11.4. The molecule has 0 spiro atoms. The van der Waals surface area contributed by atoms with Crippen molar-refractivity contribution in [1.82, 2.24) is 0 Å². The molecule has 0 aliphatic heterocycles. The van der Waals surface area contributed by atoms with Crippen LogP contribution in [0.2, 0.25) is 0 Å². The Morgan fingerprint density at radius 1 is 1.67 bits per heavy atom. The van der Waals surface area contributed by atoms with Crippen LogP contribution in [0.1, 0.15) is 13.8 Å². The molecular formula is C7H11FO. The summed E-state index contributed by atoms with van der Waals surface area (Å²) in [5, 5.41) is 0. The van der Waals surface area contributed by atoms with Gasteiger partial charge in [-0.2, -0.15) is 0 Å². The molecule has 2 heteroatoms. The quantitative estimate of drug-likeness (QED) is 0.532. The summed E-state index contributed by atoms with van der Waals surface area (Å²) in [4.78, 5) is 10.3. The number of allylic oxidation sites excluding steroid dienone is 2. The van der Waals surface area contributed by atoms with Gasteiger partial charge in [0.15, 0.2) is 12.5 Å². The number of halogens is 1. The molecule has 0 aromatic rings. The minimum absolute atomic E-state index is 0.320. The predicted octanol–water partition coefficient (Wildman–Crippen LogP) is 1.74. The molecular weight excluding hydrogens is 119 g/mol. The molecule has 0 aliphatic rings. The van der Waals surface area contributed by atoms with E-state index in [0.717, 1.165) is 0 Å². The summed E-state index contributed by atoms with van der Waals surface area (Å²) in [6.45, 7) is 2.98. The van der Waals surface area contributed by atoms with Crippen molar-refractivity contribution < 1.29 is 9.18 Å². The van der Waals surface area contributed by atoms with Gasteiger partial charge in [0.1, 0.15) is 0 Å². The van der Waals surface area contributed by atoms with E-state index in [-0.39, 0.29) is 0 Å². The highest BCUT2D eigenvalue weighted by Crippen LogP contribution is 1.93. The van der Waals surface area contributed by atoms with Crippen molar-refractivity contribution in [2.75, 3.05) is 6.67 Å². The van der Waals surface area contributed by atoms with Crippen LogP contribution in [-0.2, 0) is 4.79 Å². The summed E-state index contributed by atoms with van der Waals surface area (Å²) in [7, 11) is 0. The summed E-state index contributed by atoms with van der Waals surface area (Å²) in [6, 6.07) is 0. The summed E-state index contributed by atoms with van der Waals surface area (Å²) >= 11 is 0. The molecule has 0 aromatic heterocycles. The Morgan fingerprint density at radius 3 is 2.56 bits per heavy atom. The van der Waals surface area contributed by atoms with Crippen molar-refractivity contribution >= 4 is 5.78 Å². The van der Waals surface area contributed by atoms with Crippen molar-refractivity contribution in [3.05, 3.63) is 12.2 Å². The molecule has 0 amide bonds. The minimum atomic E-state index is -0.886. The average Bonchev–Trinajstić information content (AvgIpc) is 1.83. The van der Waals surface area contributed by atoms with Crippen LogP contribution in [0.4, 0.5) is 4.39 Å². The second kappa shape index (κ2) is 4.24. The third-order valence-electron chi connectivity index (χ3n) is 0.799. The smallest absolute Gasteiger partial charge is 0.186 e. The second-order valence-corrected chi connectivity index (χ2v) is 2.20. The molecule has 1 nitrogen and oxygen atoms in total. The van der Waals surface area contributed by atoms with Gasteiger partial charge in [0.2, 0.25) is 0 Å². The maximum Gasteiger partial charge on any atom is 0.186 e. The molecule has 0 aromatic carbocycles. The van der Waals surface area contributed by atoms with Crippen molar-refractivity contribution in [3.63, 3.8) is 0 Å². The number of carbonyl (C=O) groups excluding carboxylic acids is 1. The lowest BCUT2D eigenvalue weighted by Crippen LogP contribution is -1.94. The van der Waals surface area contributed by atoms with Crippen molar-refractivity contribution in [3.8, 4) is 0 Å². The molecule has 0 aliphatic carbocycles. The van der Waals surface area contributed by atoms with Gasteiger partial charge in [0, 0.05) is 0 Å². The molecule has 9 heavy (non-hydrogen) atoms. The van der Waals surface area contributed by atoms with E-state index in [2.05, 4.69) is 0 Å². The molecule has 0 bridgehead atoms. The molecule has 52 valence electrons. The summed E-state index contributed by atoms with van der Waals surface area (Å²) in [6.07, 6.45) is 2.96. The topological polar surface area (TPSA) is 17.1 Å². The maximum absolute atomic E-state index is 11.4. The van der Waals surface area contributed by atoms with E-state index in [1.165, 1.54) is 6.08 Å². The van der Waals surface area contributed by atoms with Gasteiger partial charge in [0.05, 0.1) is 0 Å². The van der Waals surface area contributed by atoms with Gasteiger partial charge >= 0.3 is 0 Å². The van der Waals surface area contributed by atoms with Crippen LogP contribution in [-0.4, -0.2) is 12.5 Å². The lowest BCUT2D eigenvalue weighted by Gasteiger charge is -1.89. The highest BCUT2D eigenvalue weighted by molar-refractivity contribution is 5.90. The summed E-state index contributed by atoms with van der Waals surface area (Å²) in [5.41, 5.74) is 0. The number of carbonyl (C=O) groups is 1. The van der Waals surface area contributed by atoms with Crippen LogP contribution in [0, 0.1) is 5.92 Å². The van der Waals surface area contributed by atoms with E-state index in [1.807, 2.05) is 13.8 Å². The Labute approximate surface area is 54.6 Å². The Balaban J connectivity index is 3.57. The summed E-state index contributed by atoms with van der Waals surface area (Å²) < 4.78 is 11.4. The molecule has 0 saturated heterocycles. The molecule has 0 saturated carbocycles. The standard InChI is InChI=1S/C7H11FO/c1-6(2)3-4-7(9)5-8/h3-4,6H,5H2,1-2H3/b4-3+. The zero-order valence-corrected chi connectivity index (χ0v) is 5.73. The first-order valence-electron chi connectivity index (χ1n) is 2.93. The molecule has 0 rings (SSSR count). The Bertz CT molecular complexity index is 116. The number of hydrogen-bond acceptors (Lipinski definition) is 1. The molecule has 0 heterocycles. The molecule has 0 atom stereocenters. The van der Waals surface area contributed by atoms with E-state index < -0.39 is 12.5 Å². The zero-order chi connectivity index (χ0) is 7.28. The van der Waals surface area contributed by atoms with E-state index in [9.17, 15) is 9.18 Å². The average molecular weight is 130 g/mol. The zero-order valence-electron chi connectivity index (χ0n) is 5.73. The Kier molecular flexibility index (Phi) is 3.93. The second-order valence-electron chi connectivity index (χ2n) is 2.20. The van der Waals surface area contributed by atoms with Crippen LogP contribution < -0.4 is 0 Å². The van der Waals surface area contributed by atoms with Crippen LogP contribution in [0.5, 0.6) is 0 Å². The van der Waals surface area contributed by atoms with Crippen LogP contribution >= 0.6 is 0 Å². The third-order valence-corrected chi connectivity index (χ3v) is 0.799.